The Labute approximate surface area is 138 Å². The van der Waals surface area contributed by atoms with Crippen LogP contribution >= 0.6 is 7.14 Å². The number of hydrogen-bond acceptors (Lipinski definition) is 4. The van der Waals surface area contributed by atoms with Crippen LogP contribution in [-0.2, 0) is 18.9 Å². The average Bonchev–Trinajstić information content (AvgIpc) is 2.36. The monoisotopic (exact) mass is 346 g/mol. The number of carbonyl (C=O) groups is 2. The van der Waals surface area contributed by atoms with E-state index in [0.29, 0.717) is 10.9 Å². The standard InChI is InChI=1S/C16H28NO5P/c1-8-14(17(5,6)7)23(21,11-13(4)15(18)19)10-9-22-16(20)12(2)3/h11,14H,2,8-10H2,1,3-7H3/p+1/b13-11+. The molecule has 0 radical (unpaired) electrons. The highest BCUT2D eigenvalue weighted by molar-refractivity contribution is 7.67. The van der Waals surface area contributed by atoms with Crippen molar-refractivity contribution in [3.05, 3.63) is 23.5 Å². The first-order valence-corrected chi connectivity index (χ1v) is 9.53. The highest BCUT2D eigenvalue weighted by Crippen LogP contribution is 2.56. The molecule has 7 heteroatoms. The van der Waals surface area contributed by atoms with E-state index in [9.17, 15) is 14.2 Å². The van der Waals surface area contributed by atoms with Crippen molar-refractivity contribution in [2.75, 3.05) is 33.9 Å². The van der Waals surface area contributed by atoms with Crippen molar-refractivity contribution < 1.29 is 28.5 Å². The second-order valence-electron chi connectivity index (χ2n) is 6.62. The van der Waals surface area contributed by atoms with Crippen LogP contribution in [0.15, 0.2) is 23.5 Å². The van der Waals surface area contributed by atoms with Crippen molar-refractivity contribution >= 4 is 19.1 Å². The van der Waals surface area contributed by atoms with Gasteiger partial charge in [0.2, 0.25) is 0 Å². The van der Waals surface area contributed by atoms with Gasteiger partial charge in [-0.2, -0.15) is 0 Å². The molecule has 0 aromatic rings. The van der Waals surface area contributed by atoms with Gasteiger partial charge < -0.3 is 18.9 Å². The number of quaternary nitrogens is 1. The van der Waals surface area contributed by atoms with Crippen molar-refractivity contribution in [1.29, 1.82) is 0 Å². The summed E-state index contributed by atoms with van der Waals surface area (Å²) in [5, 5.41) is 9.10. The molecule has 132 valence electrons. The Hall–Kier alpha value is -1.39. The lowest BCUT2D eigenvalue weighted by Crippen LogP contribution is -2.45. The first-order chi connectivity index (χ1) is 10.3. The summed E-state index contributed by atoms with van der Waals surface area (Å²) < 4.78 is 19.0. The number of carboxylic acids is 1. The summed E-state index contributed by atoms with van der Waals surface area (Å²) in [5.74, 6) is -0.517. The Morgan fingerprint density at radius 1 is 1.30 bits per heavy atom. The molecule has 0 aromatic carbocycles. The van der Waals surface area contributed by atoms with E-state index in [1.54, 1.807) is 0 Å². The topological polar surface area (TPSA) is 80.7 Å². The van der Waals surface area contributed by atoms with Crippen LogP contribution in [0.2, 0.25) is 0 Å². The Morgan fingerprint density at radius 3 is 2.17 bits per heavy atom. The van der Waals surface area contributed by atoms with Crippen LogP contribution in [-0.4, -0.2) is 61.2 Å². The maximum absolute atomic E-state index is 13.5. The number of nitrogens with zero attached hydrogens (tertiary/aromatic N) is 1. The van der Waals surface area contributed by atoms with Gasteiger partial charge in [0.25, 0.3) is 0 Å². The lowest BCUT2D eigenvalue weighted by molar-refractivity contribution is -0.882. The van der Waals surface area contributed by atoms with E-state index in [1.807, 2.05) is 28.1 Å². The molecular weight excluding hydrogens is 317 g/mol. The normalized spacial score (nSPS) is 16.3. The second kappa shape index (κ2) is 8.46. The summed E-state index contributed by atoms with van der Waals surface area (Å²) in [5.41, 5.74) is 0.321. The number of carbonyl (C=O) groups excluding carboxylic acids is 1. The third kappa shape index (κ3) is 6.71. The molecule has 6 nitrogen and oxygen atoms in total. The average molecular weight is 346 g/mol. The number of ether oxygens (including phenoxy) is 1. The van der Waals surface area contributed by atoms with E-state index >= 15 is 0 Å². The number of hydrogen-bond donors (Lipinski definition) is 1. The van der Waals surface area contributed by atoms with Crippen LogP contribution in [0.3, 0.4) is 0 Å². The van der Waals surface area contributed by atoms with Gasteiger partial charge in [-0.05, 0) is 19.7 Å². The molecule has 2 unspecified atom stereocenters. The third-order valence-electron chi connectivity index (χ3n) is 3.54. The summed E-state index contributed by atoms with van der Waals surface area (Å²) >= 11 is 0. The maximum atomic E-state index is 13.5. The second-order valence-corrected chi connectivity index (χ2v) is 9.63. The van der Waals surface area contributed by atoms with Gasteiger partial charge in [0.15, 0.2) is 7.14 Å². The first-order valence-electron chi connectivity index (χ1n) is 7.50. The van der Waals surface area contributed by atoms with Crippen LogP contribution in [0.25, 0.3) is 0 Å². The van der Waals surface area contributed by atoms with E-state index in [2.05, 4.69) is 6.58 Å². The van der Waals surface area contributed by atoms with E-state index in [1.165, 1.54) is 19.7 Å². The summed E-state index contributed by atoms with van der Waals surface area (Å²) in [4.78, 5) is 22.6. The SMILES string of the molecule is C=C(C)C(=O)OCCP(=O)(/C=C(\C)C(=O)O)C(CC)[N+](C)(C)C. The summed E-state index contributed by atoms with van der Waals surface area (Å²) in [6.45, 7) is 8.36. The molecule has 0 spiro atoms. The highest BCUT2D eigenvalue weighted by Gasteiger charge is 2.39. The van der Waals surface area contributed by atoms with E-state index in [-0.39, 0.29) is 29.7 Å². The third-order valence-corrected chi connectivity index (χ3v) is 7.31. The Kier molecular flexibility index (Phi) is 7.95. The molecule has 0 saturated heterocycles. The van der Waals surface area contributed by atoms with Crippen LogP contribution < -0.4 is 0 Å². The molecular formula is C16H29NO5P+. The van der Waals surface area contributed by atoms with Crippen LogP contribution in [0.1, 0.15) is 27.2 Å². The maximum Gasteiger partial charge on any atom is 0.333 e. The molecule has 0 aromatic heterocycles. The molecule has 2 atom stereocenters. The molecule has 0 aliphatic heterocycles. The van der Waals surface area contributed by atoms with Gasteiger partial charge >= 0.3 is 11.9 Å². The molecule has 0 amide bonds. The lowest BCUT2D eigenvalue weighted by Gasteiger charge is -2.37. The fourth-order valence-electron chi connectivity index (χ4n) is 2.53. The number of esters is 1. The Morgan fingerprint density at radius 2 is 1.83 bits per heavy atom. The molecule has 0 aliphatic rings. The zero-order valence-corrected chi connectivity index (χ0v) is 15.9. The van der Waals surface area contributed by atoms with Crippen LogP contribution in [0.4, 0.5) is 0 Å². The molecule has 0 bridgehead atoms. The number of rotatable bonds is 9. The number of aliphatic carboxylic acids is 1. The van der Waals surface area contributed by atoms with Gasteiger partial charge in [0.05, 0.1) is 27.7 Å². The molecule has 0 saturated carbocycles. The van der Waals surface area contributed by atoms with Crippen LogP contribution in [0, 0.1) is 0 Å². The molecule has 0 rings (SSSR count). The minimum absolute atomic E-state index is 0.0249. The Bertz CT molecular complexity index is 545. The quantitative estimate of drug-likeness (QED) is 0.300. The number of carboxylic acid groups (broad SMARTS) is 1. The van der Waals surface area contributed by atoms with Gasteiger partial charge in [-0.25, -0.2) is 9.59 Å². The minimum atomic E-state index is -3.03. The van der Waals surface area contributed by atoms with E-state index < -0.39 is 19.1 Å². The summed E-state index contributed by atoms with van der Waals surface area (Å²) in [7, 11) is 2.74. The molecule has 23 heavy (non-hydrogen) atoms. The van der Waals surface area contributed by atoms with Gasteiger partial charge in [-0.15, -0.1) is 0 Å². The zero-order valence-electron chi connectivity index (χ0n) is 15.0. The zero-order chi connectivity index (χ0) is 18.4. The molecule has 0 heterocycles. The smallest absolute Gasteiger partial charge is 0.333 e. The van der Waals surface area contributed by atoms with Crippen molar-refractivity contribution in [2.24, 2.45) is 0 Å². The van der Waals surface area contributed by atoms with Gasteiger partial charge in [0.1, 0.15) is 5.78 Å². The fraction of sp³-hybridized carbons (Fsp3) is 0.625. The van der Waals surface area contributed by atoms with E-state index in [0.717, 1.165) is 0 Å². The highest BCUT2D eigenvalue weighted by atomic mass is 31.2. The Balaban J connectivity index is 5.51. The van der Waals surface area contributed by atoms with Crippen molar-refractivity contribution in [1.82, 2.24) is 0 Å². The van der Waals surface area contributed by atoms with Crippen LogP contribution in [0.5, 0.6) is 0 Å². The minimum Gasteiger partial charge on any atom is -0.478 e. The van der Waals surface area contributed by atoms with Gasteiger partial charge in [-0.1, -0.05) is 13.5 Å². The largest absolute Gasteiger partial charge is 0.478 e. The lowest BCUT2D eigenvalue weighted by atomic mass is 10.4. The van der Waals surface area contributed by atoms with Gasteiger partial charge in [-0.3, -0.25) is 0 Å². The van der Waals surface area contributed by atoms with Crippen molar-refractivity contribution in [3.8, 4) is 0 Å². The molecule has 0 fully saturated rings. The van der Waals surface area contributed by atoms with Crippen molar-refractivity contribution in [2.45, 2.75) is 33.0 Å². The fourth-order valence-corrected chi connectivity index (χ4v) is 6.06. The van der Waals surface area contributed by atoms with Crippen molar-refractivity contribution in [3.63, 3.8) is 0 Å². The predicted molar refractivity (Wildman–Crippen MR) is 91.8 cm³/mol. The summed E-state index contributed by atoms with van der Waals surface area (Å²) in [6.07, 6.45) is 0.739. The molecule has 0 aliphatic carbocycles. The predicted octanol–water partition coefficient (Wildman–Crippen LogP) is 2.90. The first kappa shape index (κ1) is 21.6. The van der Waals surface area contributed by atoms with Gasteiger partial charge in [0, 0.05) is 23.7 Å². The summed E-state index contributed by atoms with van der Waals surface area (Å²) in [6, 6.07) is 0. The molecule has 1 N–H and O–H groups in total. The van der Waals surface area contributed by atoms with E-state index in [4.69, 9.17) is 9.84 Å².